The molecule has 1 rings (SSSR count). The number of ether oxygens (including phenoxy) is 1. The highest BCUT2D eigenvalue weighted by molar-refractivity contribution is 4.84. The molecule has 0 aliphatic heterocycles. The minimum absolute atomic E-state index is 0.287. The molecule has 3 heteroatoms. The van der Waals surface area contributed by atoms with Gasteiger partial charge >= 0.3 is 6.61 Å². The molecular weight excluding hydrogens is 126 g/mol. The zero-order valence-electron chi connectivity index (χ0n) is 5.02. The number of rotatable bonds is 2. The van der Waals surface area contributed by atoms with Gasteiger partial charge in [0, 0.05) is 0 Å². The van der Waals surface area contributed by atoms with E-state index < -0.39 is 6.61 Å². The Hall–Kier alpha value is -0.180. The predicted molar refractivity (Wildman–Crippen MR) is 29.0 cm³/mol. The van der Waals surface area contributed by atoms with Gasteiger partial charge in [-0.15, -0.1) is 0 Å². The monoisotopic (exact) mass is 135 g/mol. The van der Waals surface area contributed by atoms with Crippen LogP contribution in [0.4, 0.5) is 8.78 Å². The molecule has 1 atom stereocenters. The van der Waals surface area contributed by atoms with Crippen LogP contribution in [0.15, 0.2) is 0 Å². The number of hydrogen-bond acceptors (Lipinski definition) is 1. The van der Waals surface area contributed by atoms with E-state index >= 15 is 0 Å². The Labute approximate surface area is 53.0 Å². The molecule has 0 N–H and O–H groups in total. The Balaban J connectivity index is 2.11. The van der Waals surface area contributed by atoms with Gasteiger partial charge in [0.2, 0.25) is 0 Å². The van der Waals surface area contributed by atoms with E-state index in [2.05, 4.69) is 4.74 Å². The van der Waals surface area contributed by atoms with Crippen LogP contribution in [0.25, 0.3) is 0 Å². The lowest BCUT2D eigenvalue weighted by atomic mass is 10.3. The van der Waals surface area contributed by atoms with Gasteiger partial charge in [0.1, 0.15) is 0 Å². The summed E-state index contributed by atoms with van der Waals surface area (Å²) in [5.74, 6) is 0. The predicted octanol–water partition coefficient (Wildman–Crippen LogP) is 1.98. The Morgan fingerprint density at radius 3 is 2.78 bits per heavy atom. The van der Waals surface area contributed by atoms with Gasteiger partial charge in [0.05, 0.1) is 6.10 Å². The summed E-state index contributed by atoms with van der Waals surface area (Å²) < 4.78 is 27.1. The maximum Gasteiger partial charge on any atom is 0.345 e. The molecule has 1 saturated carbocycles. The molecule has 0 heterocycles. The van der Waals surface area contributed by atoms with Crippen LogP contribution in [0, 0.1) is 6.42 Å². The smallest absolute Gasteiger partial charge is 0.319 e. The van der Waals surface area contributed by atoms with Crippen LogP contribution in [0.5, 0.6) is 0 Å². The Morgan fingerprint density at radius 1 is 1.56 bits per heavy atom. The van der Waals surface area contributed by atoms with Gasteiger partial charge in [-0.05, 0) is 19.3 Å². The second kappa shape index (κ2) is 3.11. The third-order valence-corrected chi connectivity index (χ3v) is 1.40. The van der Waals surface area contributed by atoms with Gasteiger partial charge in [0.25, 0.3) is 0 Å². The van der Waals surface area contributed by atoms with Gasteiger partial charge in [-0.3, -0.25) is 0 Å². The Morgan fingerprint density at radius 2 is 2.33 bits per heavy atom. The van der Waals surface area contributed by atoms with Crippen molar-refractivity contribution in [2.24, 2.45) is 0 Å². The number of alkyl halides is 2. The van der Waals surface area contributed by atoms with Crippen molar-refractivity contribution in [3.05, 3.63) is 6.42 Å². The van der Waals surface area contributed by atoms with Crippen LogP contribution in [-0.4, -0.2) is 12.7 Å². The summed E-state index contributed by atoms with van der Waals surface area (Å²) in [6.45, 7) is -2.61. The van der Waals surface area contributed by atoms with Gasteiger partial charge in [-0.25, -0.2) is 0 Å². The average molecular weight is 135 g/mol. The lowest BCUT2D eigenvalue weighted by molar-refractivity contribution is -0.151. The summed E-state index contributed by atoms with van der Waals surface area (Å²) in [4.78, 5) is 0. The van der Waals surface area contributed by atoms with E-state index in [0.717, 1.165) is 19.3 Å². The highest BCUT2D eigenvalue weighted by atomic mass is 19.3. The van der Waals surface area contributed by atoms with Gasteiger partial charge < -0.3 is 4.74 Å². The highest BCUT2D eigenvalue weighted by Gasteiger charge is 2.19. The molecule has 0 amide bonds. The third-order valence-electron chi connectivity index (χ3n) is 1.40. The van der Waals surface area contributed by atoms with Crippen molar-refractivity contribution in [1.82, 2.24) is 0 Å². The molecule has 0 aromatic heterocycles. The first-order valence-corrected chi connectivity index (χ1v) is 3.06. The Kier molecular flexibility index (Phi) is 2.39. The van der Waals surface area contributed by atoms with Crippen LogP contribution < -0.4 is 0 Å². The summed E-state index contributed by atoms with van der Waals surface area (Å²) in [5, 5.41) is 0. The molecule has 0 saturated heterocycles. The van der Waals surface area contributed by atoms with E-state index in [-0.39, 0.29) is 6.10 Å². The standard InChI is InChI=1S/C6H9F2O/c7-6(8)9-5-3-1-2-4-5/h3,5-6H,1-2,4H2. The van der Waals surface area contributed by atoms with Crippen LogP contribution in [-0.2, 0) is 4.74 Å². The largest absolute Gasteiger partial charge is 0.345 e. The molecule has 1 aliphatic rings. The molecule has 1 unspecified atom stereocenters. The van der Waals surface area contributed by atoms with Crippen LogP contribution in [0.2, 0.25) is 0 Å². The first-order valence-electron chi connectivity index (χ1n) is 3.06. The molecule has 1 nitrogen and oxygen atoms in total. The van der Waals surface area contributed by atoms with Crippen molar-refractivity contribution >= 4 is 0 Å². The lowest BCUT2D eigenvalue weighted by Gasteiger charge is -2.07. The number of hydrogen-bond donors (Lipinski definition) is 0. The number of halogens is 2. The second-order valence-corrected chi connectivity index (χ2v) is 2.10. The molecule has 0 aromatic carbocycles. The normalized spacial score (nSPS) is 21.7. The summed E-state index contributed by atoms with van der Waals surface area (Å²) in [6.07, 6.45) is 4.16. The van der Waals surface area contributed by atoms with E-state index in [0.29, 0.717) is 0 Å². The third kappa shape index (κ3) is 2.26. The molecule has 53 valence electrons. The van der Waals surface area contributed by atoms with Crippen molar-refractivity contribution in [2.45, 2.75) is 32.0 Å². The van der Waals surface area contributed by atoms with E-state index in [9.17, 15) is 8.78 Å². The van der Waals surface area contributed by atoms with Gasteiger partial charge in [-0.1, -0.05) is 6.42 Å². The first kappa shape index (κ1) is 6.93. The fraction of sp³-hybridized carbons (Fsp3) is 0.833. The summed E-state index contributed by atoms with van der Waals surface area (Å²) >= 11 is 0. The summed E-state index contributed by atoms with van der Waals surface area (Å²) in [7, 11) is 0. The van der Waals surface area contributed by atoms with E-state index in [4.69, 9.17) is 0 Å². The zero-order valence-corrected chi connectivity index (χ0v) is 5.02. The van der Waals surface area contributed by atoms with Crippen molar-refractivity contribution in [1.29, 1.82) is 0 Å². The molecular formula is C6H9F2O. The Bertz CT molecular complexity index is 79.1. The van der Waals surface area contributed by atoms with Crippen LogP contribution >= 0.6 is 0 Å². The van der Waals surface area contributed by atoms with Gasteiger partial charge in [-0.2, -0.15) is 8.78 Å². The molecule has 0 aromatic rings. The molecule has 1 aliphatic carbocycles. The minimum Gasteiger partial charge on any atom is -0.319 e. The highest BCUT2D eigenvalue weighted by Crippen LogP contribution is 2.21. The fourth-order valence-electron chi connectivity index (χ4n) is 0.996. The first-order chi connectivity index (χ1) is 4.29. The fourth-order valence-corrected chi connectivity index (χ4v) is 0.996. The molecule has 1 radical (unpaired) electrons. The van der Waals surface area contributed by atoms with E-state index in [1.807, 2.05) is 0 Å². The van der Waals surface area contributed by atoms with Crippen molar-refractivity contribution < 1.29 is 13.5 Å². The van der Waals surface area contributed by atoms with Gasteiger partial charge in [0.15, 0.2) is 0 Å². The maximum atomic E-state index is 11.4. The van der Waals surface area contributed by atoms with E-state index in [1.54, 1.807) is 6.42 Å². The van der Waals surface area contributed by atoms with Crippen molar-refractivity contribution in [3.63, 3.8) is 0 Å². The minimum atomic E-state index is -2.61. The van der Waals surface area contributed by atoms with Crippen LogP contribution in [0.3, 0.4) is 0 Å². The van der Waals surface area contributed by atoms with E-state index in [1.165, 1.54) is 0 Å². The van der Waals surface area contributed by atoms with Crippen LogP contribution in [0.1, 0.15) is 19.3 Å². The average Bonchev–Trinajstić information content (AvgIpc) is 2.15. The zero-order chi connectivity index (χ0) is 6.69. The van der Waals surface area contributed by atoms with Crippen molar-refractivity contribution in [3.8, 4) is 0 Å². The topological polar surface area (TPSA) is 9.23 Å². The lowest BCUT2D eigenvalue weighted by Crippen LogP contribution is -2.11. The summed E-state index contributed by atoms with van der Waals surface area (Å²) in [5.41, 5.74) is 0. The second-order valence-electron chi connectivity index (χ2n) is 2.10. The maximum absolute atomic E-state index is 11.4. The molecule has 0 bridgehead atoms. The van der Waals surface area contributed by atoms with Crippen molar-refractivity contribution in [2.75, 3.05) is 0 Å². The quantitative estimate of drug-likeness (QED) is 0.562. The molecule has 1 fully saturated rings. The molecule has 0 spiro atoms. The SMILES string of the molecule is FC(F)OC1[CH]CCC1. The summed E-state index contributed by atoms with van der Waals surface area (Å²) in [6, 6.07) is 0. The molecule has 9 heavy (non-hydrogen) atoms.